The van der Waals surface area contributed by atoms with Crippen LogP contribution in [0.2, 0.25) is 0 Å². The van der Waals surface area contributed by atoms with Gasteiger partial charge in [0.2, 0.25) is 0 Å². The highest BCUT2D eigenvalue weighted by Crippen LogP contribution is 2.01. The summed E-state index contributed by atoms with van der Waals surface area (Å²) in [7, 11) is 0. The Kier molecular flexibility index (Phi) is 4.55. The molecule has 0 heterocycles. The zero-order chi connectivity index (χ0) is 9.02. The van der Waals surface area contributed by atoms with Crippen LogP contribution in [-0.4, -0.2) is 51.4 Å². The topological polar surface area (TPSA) is 107 Å². The molecule has 68 valence electrons. The summed E-state index contributed by atoms with van der Waals surface area (Å²) in [6.07, 6.45) is -3.41. The predicted octanol–water partition coefficient (Wildman–Crippen LogP) is -2.59. The monoisotopic (exact) mass is 165 g/mol. The predicted molar refractivity (Wildman–Crippen MR) is 38.8 cm³/mol. The smallest absolute Gasteiger partial charge is 0.0972 e. The maximum absolute atomic E-state index is 9.05. The van der Waals surface area contributed by atoms with Gasteiger partial charge in [0.05, 0.1) is 31.0 Å². The Morgan fingerprint density at radius 1 is 1.27 bits per heavy atom. The number of hydrogen-bond acceptors (Lipinski definition) is 5. The first kappa shape index (κ1) is 10.8. The van der Waals surface area contributed by atoms with Crippen LogP contribution in [0.15, 0.2) is 0 Å². The number of rotatable bonds is 4. The SMILES string of the molecule is CC(O)C(O)C(N)C(O)CO. The third-order valence-electron chi connectivity index (χ3n) is 1.52. The summed E-state index contributed by atoms with van der Waals surface area (Å²) in [5, 5.41) is 35.2. The van der Waals surface area contributed by atoms with E-state index >= 15 is 0 Å². The van der Waals surface area contributed by atoms with Gasteiger partial charge in [-0.3, -0.25) is 0 Å². The van der Waals surface area contributed by atoms with Crippen molar-refractivity contribution in [2.75, 3.05) is 6.61 Å². The molecule has 0 aliphatic heterocycles. The molecule has 0 aromatic heterocycles. The molecule has 5 heteroatoms. The first-order chi connectivity index (χ1) is 5.00. The van der Waals surface area contributed by atoms with Gasteiger partial charge in [-0.05, 0) is 6.92 Å². The number of aliphatic hydroxyl groups is 4. The van der Waals surface area contributed by atoms with Crippen LogP contribution in [0, 0.1) is 0 Å². The van der Waals surface area contributed by atoms with Crippen LogP contribution in [0.1, 0.15) is 6.92 Å². The molecular formula is C6H15NO4. The first-order valence-electron chi connectivity index (χ1n) is 3.41. The highest BCUT2D eigenvalue weighted by molar-refractivity contribution is 4.81. The third-order valence-corrected chi connectivity index (χ3v) is 1.52. The summed E-state index contributed by atoms with van der Waals surface area (Å²) in [5.41, 5.74) is 5.25. The van der Waals surface area contributed by atoms with Crippen molar-refractivity contribution in [1.29, 1.82) is 0 Å². The molecule has 0 amide bonds. The van der Waals surface area contributed by atoms with E-state index in [-0.39, 0.29) is 0 Å². The Bertz CT molecular complexity index is 109. The fourth-order valence-electron chi connectivity index (χ4n) is 0.671. The van der Waals surface area contributed by atoms with E-state index in [9.17, 15) is 0 Å². The minimum atomic E-state index is -1.21. The third kappa shape index (κ3) is 3.13. The van der Waals surface area contributed by atoms with Crippen LogP contribution >= 0.6 is 0 Å². The molecule has 0 saturated carbocycles. The lowest BCUT2D eigenvalue weighted by atomic mass is 10.0. The van der Waals surface area contributed by atoms with Gasteiger partial charge in [-0.15, -0.1) is 0 Å². The normalized spacial score (nSPS) is 22.4. The Labute approximate surface area is 65.1 Å². The molecule has 11 heavy (non-hydrogen) atoms. The van der Waals surface area contributed by atoms with Crippen molar-refractivity contribution in [2.24, 2.45) is 5.73 Å². The Hall–Kier alpha value is -0.200. The van der Waals surface area contributed by atoms with Gasteiger partial charge in [-0.1, -0.05) is 0 Å². The van der Waals surface area contributed by atoms with Gasteiger partial charge in [-0.2, -0.15) is 0 Å². The number of nitrogens with two attached hydrogens (primary N) is 1. The van der Waals surface area contributed by atoms with E-state index in [0.717, 1.165) is 0 Å². The van der Waals surface area contributed by atoms with Crippen molar-refractivity contribution < 1.29 is 20.4 Å². The van der Waals surface area contributed by atoms with Crippen molar-refractivity contribution in [1.82, 2.24) is 0 Å². The molecule has 0 aliphatic rings. The van der Waals surface area contributed by atoms with E-state index in [2.05, 4.69) is 0 Å². The standard InChI is InChI=1S/C6H15NO4/c1-3(9)6(11)5(7)4(10)2-8/h3-6,8-11H,2,7H2,1H3. The van der Waals surface area contributed by atoms with Crippen LogP contribution in [0.25, 0.3) is 0 Å². The quantitative estimate of drug-likeness (QED) is 0.314. The first-order valence-corrected chi connectivity index (χ1v) is 3.41. The van der Waals surface area contributed by atoms with Crippen LogP contribution in [0.3, 0.4) is 0 Å². The van der Waals surface area contributed by atoms with Crippen molar-refractivity contribution in [3.05, 3.63) is 0 Å². The molecule has 0 rings (SSSR count). The summed E-state index contributed by atoms with van der Waals surface area (Å²) in [6.45, 7) is 0.833. The second kappa shape index (κ2) is 4.63. The van der Waals surface area contributed by atoms with E-state index in [1.165, 1.54) is 6.92 Å². The minimum Gasteiger partial charge on any atom is -0.394 e. The lowest BCUT2D eigenvalue weighted by Crippen LogP contribution is -2.50. The molecule has 0 aromatic carbocycles. The highest BCUT2D eigenvalue weighted by Gasteiger charge is 2.25. The molecule has 0 saturated heterocycles. The molecule has 4 atom stereocenters. The minimum absolute atomic E-state index is 0.523. The summed E-state index contributed by atoms with van der Waals surface area (Å²) in [6, 6.07) is -1.01. The van der Waals surface area contributed by atoms with Crippen molar-refractivity contribution >= 4 is 0 Å². The van der Waals surface area contributed by atoms with Crippen LogP contribution in [0.5, 0.6) is 0 Å². The Balaban J connectivity index is 3.90. The molecular weight excluding hydrogens is 150 g/mol. The molecule has 4 unspecified atom stereocenters. The maximum atomic E-state index is 9.05. The van der Waals surface area contributed by atoms with Gasteiger partial charge >= 0.3 is 0 Å². The molecule has 0 aromatic rings. The summed E-state index contributed by atoms with van der Waals surface area (Å²) in [5.74, 6) is 0. The molecule has 0 spiro atoms. The molecule has 0 fully saturated rings. The second-order valence-corrected chi connectivity index (χ2v) is 2.56. The zero-order valence-electron chi connectivity index (χ0n) is 6.38. The summed E-state index contributed by atoms with van der Waals surface area (Å²) in [4.78, 5) is 0. The second-order valence-electron chi connectivity index (χ2n) is 2.56. The summed E-state index contributed by atoms with van der Waals surface area (Å²) < 4.78 is 0. The van der Waals surface area contributed by atoms with E-state index in [1.807, 2.05) is 0 Å². The van der Waals surface area contributed by atoms with Crippen LogP contribution in [0.4, 0.5) is 0 Å². The van der Waals surface area contributed by atoms with Gasteiger partial charge in [0.1, 0.15) is 0 Å². The Morgan fingerprint density at radius 2 is 1.73 bits per heavy atom. The molecule has 0 aliphatic carbocycles. The van der Waals surface area contributed by atoms with Gasteiger partial charge < -0.3 is 26.2 Å². The van der Waals surface area contributed by atoms with E-state index in [1.54, 1.807) is 0 Å². The van der Waals surface area contributed by atoms with Gasteiger partial charge in [-0.25, -0.2) is 0 Å². The average molecular weight is 165 g/mol. The van der Waals surface area contributed by atoms with Crippen LogP contribution < -0.4 is 5.73 Å². The number of hydrogen-bond donors (Lipinski definition) is 5. The largest absolute Gasteiger partial charge is 0.394 e. The van der Waals surface area contributed by atoms with Crippen molar-refractivity contribution in [2.45, 2.75) is 31.3 Å². The maximum Gasteiger partial charge on any atom is 0.0972 e. The van der Waals surface area contributed by atoms with E-state index in [4.69, 9.17) is 26.2 Å². The van der Waals surface area contributed by atoms with Gasteiger partial charge in [0.15, 0.2) is 0 Å². The van der Waals surface area contributed by atoms with E-state index < -0.39 is 31.0 Å². The molecule has 0 bridgehead atoms. The zero-order valence-corrected chi connectivity index (χ0v) is 6.38. The number of aliphatic hydroxyl groups excluding tert-OH is 4. The molecule has 5 nitrogen and oxygen atoms in total. The Morgan fingerprint density at radius 3 is 2.00 bits per heavy atom. The van der Waals surface area contributed by atoms with Gasteiger partial charge in [0, 0.05) is 0 Å². The fourth-order valence-corrected chi connectivity index (χ4v) is 0.671. The molecule has 0 radical (unpaired) electrons. The lowest BCUT2D eigenvalue weighted by Gasteiger charge is -2.24. The van der Waals surface area contributed by atoms with Crippen molar-refractivity contribution in [3.8, 4) is 0 Å². The van der Waals surface area contributed by atoms with Crippen LogP contribution in [-0.2, 0) is 0 Å². The lowest BCUT2D eigenvalue weighted by molar-refractivity contribution is -0.0322. The summed E-state index contributed by atoms with van der Waals surface area (Å²) >= 11 is 0. The molecule has 6 N–H and O–H groups in total. The highest BCUT2D eigenvalue weighted by atomic mass is 16.3. The van der Waals surface area contributed by atoms with E-state index in [0.29, 0.717) is 0 Å². The van der Waals surface area contributed by atoms with Crippen molar-refractivity contribution in [3.63, 3.8) is 0 Å². The fraction of sp³-hybridized carbons (Fsp3) is 1.00. The average Bonchev–Trinajstić information content (AvgIpc) is 2.00. The van der Waals surface area contributed by atoms with Gasteiger partial charge in [0.25, 0.3) is 0 Å².